The Bertz CT molecular complexity index is 1300. The van der Waals surface area contributed by atoms with Crippen LogP contribution in [0.2, 0.25) is 0 Å². The van der Waals surface area contributed by atoms with Crippen LogP contribution < -0.4 is 4.74 Å². The van der Waals surface area contributed by atoms with E-state index in [0.29, 0.717) is 54.6 Å². The van der Waals surface area contributed by atoms with E-state index in [1.165, 1.54) is 6.08 Å². The number of aryl methyl sites for hydroxylation is 1. The van der Waals surface area contributed by atoms with Crippen LogP contribution in [-0.2, 0) is 41.5 Å². The molecule has 2 unspecified atom stereocenters. The molecular weight excluding hydrogens is 651 g/mol. The second kappa shape index (κ2) is 15.1. The van der Waals surface area contributed by atoms with Crippen LogP contribution in [0, 0.1) is 13.8 Å². The van der Waals surface area contributed by atoms with Gasteiger partial charge in [-0.1, -0.05) is 0 Å². The van der Waals surface area contributed by atoms with Crippen molar-refractivity contribution >= 4 is 53.8 Å². The van der Waals surface area contributed by atoms with E-state index in [2.05, 4.69) is 0 Å². The number of carbonyl (C=O) groups is 4. The van der Waals surface area contributed by atoms with Gasteiger partial charge in [0, 0.05) is 29.6 Å². The molecule has 42 heavy (non-hydrogen) atoms. The third kappa shape index (κ3) is 10.0. The van der Waals surface area contributed by atoms with Crippen molar-refractivity contribution in [2.75, 3.05) is 0 Å². The van der Waals surface area contributed by atoms with E-state index >= 15 is 0 Å². The van der Waals surface area contributed by atoms with E-state index in [0.717, 1.165) is 35.3 Å². The first-order valence-corrected chi connectivity index (χ1v) is 18.0. The SMILES string of the molecule is CC1=C(C)C(=O)C(CCC2(C)CCC(=O)O2)=CC1=O.Cc1c(O)cc2c(c1C)OC(C)(CCC(=O)O)CC2.[Cl][Fe]([Cl])[Cl]. The molecule has 2 heterocycles. The van der Waals surface area contributed by atoms with E-state index in [1.807, 2.05) is 27.7 Å². The summed E-state index contributed by atoms with van der Waals surface area (Å²) in [5, 5.41) is 18.6. The average molecular weight is 689 g/mol. The van der Waals surface area contributed by atoms with Crippen molar-refractivity contribution in [1.82, 2.24) is 0 Å². The molecule has 1 aromatic carbocycles. The summed E-state index contributed by atoms with van der Waals surface area (Å²) in [5.41, 5.74) is 3.41. The fourth-order valence-electron chi connectivity index (χ4n) is 4.95. The van der Waals surface area contributed by atoms with Gasteiger partial charge in [0.25, 0.3) is 0 Å². The molecule has 1 aromatic rings. The van der Waals surface area contributed by atoms with Crippen molar-refractivity contribution < 1.29 is 50.0 Å². The van der Waals surface area contributed by atoms with Crippen LogP contribution in [0.3, 0.4) is 0 Å². The number of esters is 1. The monoisotopic (exact) mass is 687 g/mol. The molecule has 0 amide bonds. The van der Waals surface area contributed by atoms with E-state index < -0.39 is 28.3 Å². The van der Waals surface area contributed by atoms with Crippen LogP contribution in [-0.4, -0.2) is 44.9 Å². The van der Waals surface area contributed by atoms with Gasteiger partial charge in [-0.05, 0) is 109 Å². The maximum atomic E-state index is 12.1. The van der Waals surface area contributed by atoms with Gasteiger partial charge >= 0.3 is 53.4 Å². The number of phenolic OH excluding ortho intramolecular Hbond substituents is 1. The van der Waals surface area contributed by atoms with Crippen molar-refractivity contribution in [2.24, 2.45) is 0 Å². The number of rotatable bonds is 6. The molecule has 235 valence electrons. The first-order chi connectivity index (χ1) is 19.4. The Hall–Kier alpha value is -2.03. The normalized spacial score (nSPS) is 23.4. The molecule has 0 radical (unpaired) electrons. The van der Waals surface area contributed by atoms with Crippen molar-refractivity contribution in [3.05, 3.63) is 45.6 Å². The van der Waals surface area contributed by atoms with Crippen LogP contribution in [0.1, 0.15) is 89.3 Å². The fourth-order valence-corrected chi connectivity index (χ4v) is 4.95. The van der Waals surface area contributed by atoms with Gasteiger partial charge in [-0.15, -0.1) is 0 Å². The first kappa shape index (κ1) is 36.2. The van der Waals surface area contributed by atoms with E-state index in [4.69, 9.17) is 44.9 Å². The molecule has 3 aliphatic rings. The Morgan fingerprint density at radius 2 is 1.50 bits per heavy atom. The Kier molecular flexibility index (Phi) is 13.0. The van der Waals surface area contributed by atoms with Gasteiger partial charge in [0.1, 0.15) is 22.7 Å². The zero-order valence-electron chi connectivity index (χ0n) is 24.6. The molecule has 0 bridgehead atoms. The van der Waals surface area contributed by atoms with E-state index in [1.54, 1.807) is 19.9 Å². The van der Waals surface area contributed by atoms with Crippen LogP contribution in [0.15, 0.2) is 28.9 Å². The summed E-state index contributed by atoms with van der Waals surface area (Å²) in [5.74, 6) is -0.0298. The van der Waals surface area contributed by atoms with Gasteiger partial charge in [0.2, 0.25) is 0 Å². The number of cyclic esters (lactones) is 1. The summed E-state index contributed by atoms with van der Waals surface area (Å²) in [6, 6.07) is 1.76. The van der Waals surface area contributed by atoms with Gasteiger partial charge in [0.15, 0.2) is 11.6 Å². The van der Waals surface area contributed by atoms with Crippen molar-refractivity contribution in [3.8, 4) is 11.5 Å². The predicted molar refractivity (Wildman–Crippen MR) is 159 cm³/mol. The topological polar surface area (TPSA) is 127 Å². The van der Waals surface area contributed by atoms with Gasteiger partial charge < -0.3 is 19.7 Å². The molecule has 8 nitrogen and oxygen atoms in total. The van der Waals surface area contributed by atoms with Crippen molar-refractivity contribution in [3.63, 3.8) is 0 Å². The molecular formula is C30H38Cl3FeO8. The summed E-state index contributed by atoms with van der Waals surface area (Å²) < 4.78 is 11.3. The summed E-state index contributed by atoms with van der Waals surface area (Å²) in [6.07, 6.45) is 5.77. The molecule has 12 heteroatoms. The minimum atomic E-state index is -1.33. The molecule has 0 spiro atoms. The molecule has 0 saturated carbocycles. The van der Waals surface area contributed by atoms with Gasteiger partial charge in [-0.3, -0.25) is 19.2 Å². The summed E-state index contributed by atoms with van der Waals surface area (Å²) in [6.45, 7) is 11.0. The van der Waals surface area contributed by atoms with Crippen molar-refractivity contribution in [2.45, 2.75) is 104 Å². The second-order valence-corrected chi connectivity index (χ2v) is 16.7. The van der Waals surface area contributed by atoms with Crippen molar-refractivity contribution in [1.29, 1.82) is 0 Å². The van der Waals surface area contributed by atoms with E-state index in [9.17, 15) is 24.3 Å². The number of ether oxygens (including phenoxy) is 2. The quantitative estimate of drug-likeness (QED) is 0.181. The number of carbonyl (C=O) groups excluding carboxylic acids is 3. The number of phenols is 1. The molecule has 1 aliphatic carbocycles. The number of Topliss-reactive ketones (excluding diaryl/α,β-unsaturated/α-hetero) is 1. The minimum absolute atomic E-state index is 0.0648. The Morgan fingerprint density at radius 1 is 0.929 bits per heavy atom. The van der Waals surface area contributed by atoms with Crippen LogP contribution >= 0.6 is 30.3 Å². The number of ketones is 2. The molecule has 1 fully saturated rings. The number of aromatic hydroxyl groups is 1. The zero-order valence-corrected chi connectivity index (χ0v) is 28.0. The Labute approximate surface area is 263 Å². The Morgan fingerprint density at radius 3 is 2.05 bits per heavy atom. The predicted octanol–water partition coefficient (Wildman–Crippen LogP) is 7.30. The third-order valence-electron chi connectivity index (χ3n) is 8.04. The number of hydrogen-bond donors (Lipinski definition) is 2. The summed E-state index contributed by atoms with van der Waals surface area (Å²) in [7, 11) is 14.7. The number of benzene rings is 1. The summed E-state index contributed by atoms with van der Waals surface area (Å²) in [4.78, 5) is 45.6. The number of halogens is 3. The number of carboxylic acid groups (broad SMARTS) is 1. The molecule has 2 N–H and O–H groups in total. The molecule has 4 rings (SSSR count). The third-order valence-corrected chi connectivity index (χ3v) is 8.04. The number of aliphatic carboxylic acids is 1. The van der Waals surface area contributed by atoms with Gasteiger partial charge in [-0.25, -0.2) is 0 Å². The maximum absolute atomic E-state index is 12.1. The molecule has 1 saturated heterocycles. The van der Waals surface area contributed by atoms with Crippen LogP contribution in [0.25, 0.3) is 0 Å². The number of allylic oxidation sites excluding steroid dienone is 4. The number of hydrogen-bond acceptors (Lipinski definition) is 7. The zero-order chi connectivity index (χ0) is 32.0. The molecule has 2 atom stereocenters. The van der Waals surface area contributed by atoms with Gasteiger partial charge in [0.05, 0.1) is 0 Å². The first-order valence-electron chi connectivity index (χ1n) is 13.5. The summed E-state index contributed by atoms with van der Waals surface area (Å²) >= 11 is -1.33. The molecule has 0 aromatic heterocycles. The molecule has 2 aliphatic heterocycles. The fraction of sp³-hybridized carbons (Fsp3) is 0.533. The standard InChI is InChI=1S/C15H18O4.C15H20O4.3ClH.Fe/c1-9-10(2)14(18)11(8-12(9)16)4-6-15(3)7-5-13(17)19-15;1-9-10(2)14-11(8-12(9)16)4-6-15(3,19-14)7-5-13(17)18;;;;/h8H,4-7H2,1-3H3;8,16H,4-7H2,1-3H3,(H,17,18);3*1H;/q;;;;;+3/p-3. The van der Waals surface area contributed by atoms with Gasteiger partial charge in [-0.2, -0.15) is 0 Å². The van der Waals surface area contributed by atoms with Crippen LogP contribution in [0.5, 0.6) is 11.5 Å². The number of fused-ring (bicyclic) bond motifs is 1. The second-order valence-electron chi connectivity index (χ2n) is 11.3. The average Bonchev–Trinajstić information content (AvgIpc) is 3.25. The van der Waals surface area contributed by atoms with E-state index in [-0.39, 0.29) is 24.0 Å². The Balaban J connectivity index is 0.000000261. The number of carboxylic acids is 1. The van der Waals surface area contributed by atoms with Crippen LogP contribution in [0.4, 0.5) is 0 Å².